The summed E-state index contributed by atoms with van der Waals surface area (Å²) >= 11 is 3.09. The van der Waals surface area contributed by atoms with E-state index in [9.17, 15) is 5.11 Å². The smallest absolute Gasteiger partial charge is 0.162 e. The molecule has 0 aromatic carbocycles. The minimum atomic E-state index is -0.668. The molecule has 1 rings (SSSR count). The molecule has 0 spiro atoms. The van der Waals surface area contributed by atoms with E-state index >= 15 is 0 Å². The fourth-order valence-electron chi connectivity index (χ4n) is 0.640. The standard InChI is InChI=1S/C6H8BrNO3/c7-2-6(10)5-1-4(3-9)11-8-5/h1,6,9-10H,2-3H2. The van der Waals surface area contributed by atoms with Gasteiger partial charge in [-0.15, -0.1) is 0 Å². The van der Waals surface area contributed by atoms with Crippen molar-refractivity contribution in [1.82, 2.24) is 5.16 Å². The van der Waals surface area contributed by atoms with Gasteiger partial charge in [0.1, 0.15) is 18.4 Å². The van der Waals surface area contributed by atoms with Gasteiger partial charge in [-0.3, -0.25) is 0 Å². The summed E-state index contributed by atoms with van der Waals surface area (Å²) in [4.78, 5) is 0. The molecule has 0 fully saturated rings. The molecule has 0 aliphatic heterocycles. The molecule has 1 aromatic rings. The maximum absolute atomic E-state index is 9.19. The summed E-state index contributed by atoms with van der Waals surface area (Å²) in [6.07, 6.45) is -0.668. The Balaban J connectivity index is 2.71. The summed E-state index contributed by atoms with van der Waals surface area (Å²) in [5.41, 5.74) is 0.436. The van der Waals surface area contributed by atoms with E-state index in [1.54, 1.807) is 0 Å². The molecule has 0 saturated carbocycles. The topological polar surface area (TPSA) is 66.5 Å². The summed E-state index contributed by atoms with van der Waals surface area (Å²) in [6, 6.07) is 1.52. The summed E-state index contributed by atoms with van der Waals surface area (Å²) in [5.74, 6) is 0.361. The Labute approximate surface area is 71.9 Å². The fraction of sp³-hybridized carbons (Fsp3) is 0.500. The van der Waals surface area contributed by atoms with Crippen molar-refractivity contribution in [3.8, 4) is 0 Å². The van der Waals surface area contributed by atoms with E-state index in [1.807, 2.05) is 0 Å². The SMILES string of the molecule is OCc1cc(C(O)CBr)no1. The van der Waals surface area contributed by atoms with Gasteiger partial charge in [0.05, 0.1) is 0 Å². The Morgan fingerprint density at radius 2 is 2.45 bits per heavy atom. The van der Waals surface area contributed by atoms with Crippen LogP contribution in [0.4, 0.5) is 0 Å². The lowest BCUT2D eigenvalue weighted by atomic mass is 10.3. The third-order valence-electron chi connectivity index (χ3n) is 1.22. The fourth-order valence-corrected chi connectivity index (χ4v) is 0.971. The predicted octanol–water partition coefficient (Wildman–Crippen LogP) is 0.595. The van der Waals surface area contributed by atoms with Crippen LogP contribution in [0, 0.1) is 0 Å². The second-order valence-electron chi connectivity index (χ2n) is 2.05. The molecule has 1 aromatic heterocycles. The van der Waals surface area contributed by atoms with Crippen LogP contribution in [0.2, 0.25) is 0 Å². The van der Waals surface area contributed by atoms with Crippen molar-refractivity contribution in [2.75, 3.05) is 5.33 Å². The van der Waals surface area contributed by atoms with E-state index in [0.717, 1.165) is 0 Å². The van der Waals surface area contributed by atoms with Gasteiger partial charge in [-0.2, -0.15) is 0 Å². The van der Waals surface area contributed by atoms with Crippen molar-refractivity contribution < 1.29 is 14.7 Å². The zero-order valence-electron chi connectivity index (χ0n) is 5.70. The number of hydrogen-bond acceptors (Lipinski definition) is 4. The van der Waals surface area contributed by atoms with Crippen molar-refractivity contribution in [3.63, 3.8) is 0 Å². The average molecular weight is 222 g/mol. The van der Waals surface area contributed by atoms with E-state index in [2.05, 4.69) is 25.6 Å². The van der Waals surface area contributed by atoms with E-state index < -0.39 is 6.10 Å². The molecule has 1 unspecified atom stereocenters. The van der Waals surface area contributed by atoms with Gasteiger partial charge < -0.3 is 14.7 Å². The lowest BCUT2D eigenvalue weighted by molar-refractivity contribution is 0.190. The van der Waals surface area contributed by atoms with Crippen LogP contribution < -0.4 is 0 Å². The first kappa shape index (κ1) is 8.70. The Bertz CT molecular complexity index is 225. The van der Waals surface area contributed by atoms with E-state index in [0.29, 0.717) is 16.8 Å². The molecule has 2 N–H and O–H groups in total. The van der Waals surface area contributed by atoms with E-state index in [4.69, 9.17) is 5.11 Å². The highest BCUT2D eigenvalue weighted by molar-refractivity contribution is 9.09. The van der Waals surface area contributed by atoms with E-state index in [1.165, 1.54) is 6.07 Å². The van der Waals surface area contributed by atoms with Crippen LogP contribution in [0.15, 0.2) is 10.6 Å². The molecule has 4 nitrogen and oxygen atoms in total. The first-order valence-electron chi connectivity index (χ1n) is 3.08. The highest BCUT2D eigenvalue weighted by Gasteiger charge is 2.10. The number of alkyl halides is 1. The third-order valence-corrected chi connectivity index (χ3v) is 1.83. The first-order valence-corrected chi connectivity index (χ1v) is 4.20. The number of halogens is 1. The Hall–Kier alpha value is -0.390. The Morgan fingerprint density at radius 1 is 1.73 bits per heavy atom. The molecule has 0 saturated heterocycles. The minimum absolute atomic E-state index is 0.192. The van der Waals surface area contributed by atoms with Crippen molar-refractivity contribution in [3.05, 3.63) is 17.5 Å². The van der Waals surface area contributed by atoms with Crippen molar-refractivity contribution >= 4 is 15.9 Å². The molecular weight excluding hydrogens is 214 g/mol. The van der Waals surface area contributed by atoms with Crippen molar-refractivity contribution in [2.24, 2.45) is 0 Å². The zero-order valence-corrected chi connectivity index (χ0v) is 7.28. The van der Waals surface area contributed by atoms with Gasteiger partial charge in [0.25, 0.3) is 0 Å². The van der Waals surface area contributed by atoms with Crippen LogP contribution in [-0.2, 0) is 6.61 Å². The maximum Gasteiger partial charge on any atom is 0.162 e. The lowest BCUT2D eigenvalue weighted by Crippen LogP contribution is -1.97. The summed E-state index contributed by atoms with van der Waals surface area (Å²) in [6.45, 7) is -0.192. The molecule has 1 heterocycles. The van der Waals surface area contributed by atoms with Crippen molar-refractivity contribution in [2.45, 2.75) is 12.7 Å². The zero-order chi connectivity index (χ0) is 8.27. The predicted molar refractivity (Wildman–Crippen MR) is 41.2 cm³/mol. The quantitative estimate of drug-likeness (QED) is 0.734. The summed E-state index contributed by atoms with van der Waals surface area (Å²) in [5, 5.41) is 21.7. The normalized spacial score (nSPS) is 13.4. The molecule has 0 radical (unpaired) electrons. The monoisotopic (exact) mass is 221 g/mol. The van der Waals surface area contributed by atoms with Crippen LogP contribution in [0.1, 0.15) is 17.6 Å². The molecule has 5 heteroatoms. The Kier molecular flexibility index (Phi) is 3.04. The Morgan fingerprint density at radius 3 is 2.91 bits per heavy atom. The molecule has 62 valence electrons. The second kappa shape index (κ2) is 3.85. The van der Waals surface area contributed by atoms with Crippen LogP contribution in [0.3, 0.4) is 0 Å². The molecule has 0 aliphatic rings. The van der Waals surface area contributed by atoms with Gasteiger partial charge >= 0.3 is 0 Å². The lowest BCUT2D eigenvalue weighted by Gasteiger charge is -1.97. The van der Waals surface area contributed by atoms with Gasteiger partial charge in [-0.05, 0) is 0 Å². The number of nitrogens with zero attached hydrogens (tertiary/aromatic N) is 1. The largest absolute Gasteiger partial charge is 0.388 e. The average Bonchev–Trinajstić information content (AvgIpc) is 2.50. The molecule has 1 atom stereocenters. The highest BCUT2D eigenvalue weighted by atomic mass is 79.9. The van der Waals surface area contributed by atoms with Gasteiger partial charge in [0, 0.05) is 11.4 Å². The second-order valence-corrected chi connectivity index (χ2v) is 2.69. The van der Waals surface area contributed by atoms with E-state index in [-0.39, 0.29) is 6.61 Å². The first-order chi connectivity index (χ1) is 5.27. The molecule has 0 aliphatic carbocycles. The van der Waals surface area contributed by atoms with Gasteiger partial charge in [0.15, 0.2) is 5.76 Å². The van der Waals surface area contributed by atoms with Crippen LogP contribution >= 0.6 is 15.9 Å². The minimum Gasteiger partial charge on any atom is -0.388 e. The molecular formula is C6H8BrNO3. The number of aliphatic hydroxyl groups is 2. The highest BCUT2D eigenvalue weighted by Crippen LogP contribution is 2.14. The number of aromatic nitrogens is 1. The number of hydrogen-bond donors (Lipinski definition) is 2. The van der Waals surface area contributed by atoms with Gasteiger partial charge in [0.2, 0.25) is 0 Å². The summed E-state index contributed by atoms with van der Waals surface area (Å²) < 4.78 is 4.66. The molecule has 0 bridgehead atoms. The van der Waals surface area contributed by atoms with Gasteiger partial charge in [-0.1, -0.05) is 21.1 Å². The molecule has 0 amide bonds. The number of rotatable bonds is 3. The summed E-state index contributed by atoms with van der Waals surface area (Å²) in [7, 11) is 0. The van der Waals surface area contributed by atoms with Crippen LogP contribution in [0.5, 0.6) is 0 Å². The third kappa shape index (κ3) is 2.02. The van der Waals surface area contributed by atoms with Crippen LogP contribution in [-0.4, -0.2) is 20.7 Å². The molecule has 11 heavy (non-hydrogen) atoms. The number of aliphatic hydroxyl groups excluding tert-OH is 2. The van der Waals surface area contributed by atoms with Gasteiger partial charge in [-0.25, -0.2) is 0 Å². The van der Waals surface area contributed by atoms with Crippen molar-refractivity contribution in [1.29, 1.82) is 0 Å². The maximum atomic E-state index is 9.19. The van der Waals surface area contributed by atoms with Crippen LogP contribution in [0.25, 0.3) is 0 Å².